The Kier molecular flexibility index (Phi) is 3.33. The fraction of sp³-hybridized carbons (Fsp3) is 0.200. The molecule has 0 aliphatic heterocycles. The Morgan fingerprint density at radius 3 is 2.59 bits per heavy atom. The van der Waals surface area contributed by atoms with Crippen LogP contribution < -0.4 is 10.5 Å². The Hall–Kier alpha value is -1.96. The molecule has 2 heteroatoms. The van der Waals surface area contributed by atoms with Crippen LogP contribution in [0.2, 0.25) is 0 Å². The first-order chi connectivity index (χ1) is 8.15. The Balaban J connectivity index is 2.07. The second-order valence-electron chi connectivity index (χ2n) is 4.30. The highest BCUT2D eigenvalue weighted by Gasteiger charge is 2.00. The van der Waals surface area contributed by atoms with Crippen LogP contribution in [-0.2, 0) is 6.61 Å². The molecule has 0 aliphatic rings. The molecule has 0 heterocycles. The van der Waals surface area contributed by atoms with Crippen molar-refractivity contribution in [3.05, 3.63) is 59.2 Å². The molecule has 2 aromatic rings. The van der Waals surface area contributed by atoms with E-state index in [-0.39, 0.29) is 0 Å². The maximum atomic E-state index is 5.78. The molecule has 0 atom stereocenters. The largest absolute Gasteiger partial charge is 0.489 e. The Morgan fingerprint density at radius 1 is 1.06 bits per heavy atom. The van der Waals surface area contributed by atoms with Gasteiger partial charge in [0.2, 0.25) is 0 Å². The second kappa shape index (κ2) is 4.91. The lowest BCUT2D eigenvalue weighted by Gasteiger charge is -2.10. The molecule has 0 saturated carbocycles. The van der Waals surface area contributed by atoms with Gasteiger partial charge in [0.1, 0.15) is 12.4 Å². The monoisotopic (exact) mass is 227 g/mol. The molecule has 0 amide bonds. The molecule has 0 spiro atoms. The molecule has 88 valence electrons. The number of hydrogen-bond acceptors (Lipinski definition) is 2. The minimum atomic E-state index is 0.590. The summed E-state index contributed by atoms with van der Waals surface area (Å²) in [6.45, 7) is 4.67. The third kappa shape index (κ3) is 3.00. The van der Waals surface area contributed by atoms with E-state index in [1.54, 1.807) is 0 Å². The van der Waals surface area contributed by atoms with E-state index in [9.17, 15) is 0 Å². The summed E-state index contributed by atoms with van der Waals surface area (Å²) in [6.07, 6.45) is 0. The summed E-state index contributed by atoms with van der Waals surface area (Å²) in [7, 11) is 0. The predicted molar refractivity (Wildman–Crippen MR) is 71.1 cm³/mol. The minimum Gasteiger partial charge on any atom is -0.489 e. The molecule has 2 rings (SSSR count). The van der Waals surface area contributed by atoms with Gasteiger partial charge in [0, 0.05) is 5.69 Å². The van der Waals surface area contributed by atoms with Crippen molar-refractivity contribution in [1.29, 1.82) is 0 Å². The molecular weight excluding hydrogens is 210 g/mol. The van der Waals surface area contributed by atoms with Crippen LogP contribution in [0.15, 0.2) is 42.5 Å². The first kappa shape index (κ1) is 11.5. The minimum absolute atomic E-state index is 0.590. The number of hydrogen-bond donors (Lipinski definition) is 1. The first-order valence-corrected chi connectivity index (χ1v) is 5.69. The van der Waals surface area contributed by atoms with E-state index in [1.165, 1.54) is 11.1 Å². The zero-order chi connectivity index (χ0) is 12.3. The molecule has 0 radical (unpaired) electrons. The van der Waals surface area contributed by atoms with E-state index < -0.39 is 0 Å². The highest BCUT2D eigenvalue weighted by molar-refractivity contribution is 5.47. The van der Waals surface area contributed by atoms with Crippen LogP contribution in [0.1, 0.15) is 16.7 Å². The van der Waals surface area contributed by atoms with E-state index in [0.717, 1.165) is 17.0 Å². The van der Waals surface area contributed by atoms with Gasteiger partial charge in [-0.05, 0) is 43.2 Å². The number of benzene rings is 2. The Labute approximate surface area is 102 Å². The molecule has 0 aromatic heterocycles. The van der Waals surface area contributed by atoms with E-state index in [4.69, 9.17) is 10.5 Å². The molecule has 0 unspecified atom stereocenters. The smallest absolute Gasteiger partial charge is 0.122 e. The zero-order valence-electron chi connectivity index (χ0n) is 10.2. The van der Waals surface area contributed by atoms with Gasteiger partial charge in [0.05, 0.1) is 0 Å². The van der Waals surface area contributed by atoms with Crippen molar-refractivity contribution >= 4 is 5.69 Å². The van der Waals surface area contributed by atoms with Gasteiger partial charge in [-0.1, -0.05) is 29.8 Å². The number of ether oxygens (including phenoxy) is 1. The lowest BCUT2D eigenvalue weighted by molar-refractivity contribution is 0.304. The summed E-state index contributed by atoms with van der Waals surface area (Å²) in [6, 6.07) is 14.0. The van der Waals surface area contributed by atoms with Crippen molar-refractivity contribution in [3.63, 3.8) is 0 Å². The maximum Gasteiger partial charge on any atom is 0.122 e. The predicted octanol–water partition coefficient (Wildman–Crippen LogP) is 3.46. The highest BCUT2D eigenvalue weighted by Crippen LogP contribution is 2.21. The van der Waals surface area contributed by atoms with Crippen molar-refractivity contribution < 1.29 is 4.74 Å². The number of aryl methyl sites for hydroxylation is 2. The third-order valence-corrected chi connectivity index (χ3v) is 2.68. The van der Waals surface area contributed by atoms with Gasteiger partial charge >= 0.3 is 0 Å². The standard InChI is InChI=1S/C15H17NO/c1-11-4-3-5-13(8-11)10-17-15-7-6-14(16)9-12(15)2/h3-9H,10,16H2,1-2H3. The summed E-state index contributed by atoms with van der Waals surface area (Å²) in [4.78, 5) is 0. The van der Waals surface area contributed by atoms with Crippen LogP contribution in [0.25, 0.3) is 0 Å². The van der Waals surface area contributed by atoms with Gasteiger partial charge in [0.25, 0.3) is 0 Å². The van der Waals surface area contributed by atoms with Gasteiger partial charge in [-0.15, -0.1) is 0 Å². The van der Waals surface area contributed by atoms with Crippen LogP contribution in [0.4, 0.5) is 5.69 Å². The van der Waals surface area contributed by atoms with Gasteiger partial charge in [0.15, 0.2) is 0 Å². The van der Waals surface area contributed by atoms with Crippen LogP contribution in [0, 0.1) is 13.8 Å². The van der Waals surface area contributed by atoms with Crippen molar-refractivity contribution in [3.8, 4) is 5.75 Å². The van der Waals surface area contributed by atoms with E-state index in [0.29, 0.717) is 6.61 Å². The number of nitrogens with two attached hydrogens (primary N) is 1. The average molecular weight is 227 g/mol. The van der Waals surface area contributed by atoms with Gasteiger partial charge in [-0.3, -0.25) is 0 Å². The molecule has 0 saturated heterocycles. The second-order valence-corrected chi connectivity index (χ2v) is 4.30. The summed E-state index contributed by atoms with van der Waals surface area (Å²) in [5.41, 5.74) is 9.97. The normalized spacial score (nSPS) is 10.2. The van der Waals surface area contributed by atoms with Gasteiger partial charge < -0.3 is 10.5 Å². The van der Waals surface area contributed by atoms with Crippen LogP contribution in [0.3, 0.4) is 0 Å². The quantitative estimate of drug-likeness (QED) is 0.815. The molecular formula is C15H17NO. The van der Waals surface area contributed by atoms with E-state index in [1.807, 2.05) is 31.2 Å². The maximum absolute atomic E-state index is 5.78. The van der Waals surface area contributed by atoms with Crippen LogP contribution >= 0.6 is 0 Å². The summed E-state index contributed by atoms with van der Waals surface area (Å²) in [5.74, 6) is 0.890. The third-order valence-electron chi connectivity index (χ3n) is 2.68. The average Bonchev–Trinajstić information content (AvgIpc) is 2.28. The van der Waals surface area contributed by atoms with E-state index in [2.05, 4.69) is 25.1 Å². The summed E-state index contributed by atoms with van der Waals surface area (Å²) in [5, 5.41) is 0. The first-order valence-electron chi connectivity index (χ1n) is 5.69. The molecule has 0 bridgehead atoms. The van der Waals surface area contributed by atoms with Crippen molar-refractivity contribution in [2.45, 2.75) is 20.5 Å². The fourth-order valence-electron chi connectivity index (χ4n) is 1.80. The summed E-state index contributed by atoms with van der Waals surface area (Å²) >= 11 is 0. The topological polar surface area (TPSA) is 35.2 Å². The lowest BCUT2D eigenvalue weighted by atomic mass is 10.1. The van der Waals surface area contributed by atoms with Crippen LogP contribution in [0.5, 0.6) is 5.75 Å². The molecule has 0 aliphatic carbocycles. The van der Waals surface area contributed by atoms with Gasteiger partial charge in [-0.25, -0.2) is 0 Å². The molecule has 2 nitrogen and oxygen atoms in total. The van der Waals surface area contributed by atoms with Gasteiger partial charge in [-0.2, -0.15) is 0 Å². The fourth-order valence-corrected chi connectivity index (χ4v) is 1.80. The van der Waals surface area contributed by atoms with Crippen molar-refractivity contribution in [2.75, 3.05) is 5.73 Å². The zero-order valence-corrected chi connectivity index (χ0v) is 10.2. The summed E-state index contributed by atoms with van der Waals surface area (Å²) < 4.78 is 5.78. The molecule has 2 aromatic carbocycles. The lowest BCUT2D eigenvalue weighted by Crippen LogP contribution is -1.98. The van der Waals surface area contributed by atoms with Crippen molar-refractivity contribution in [2.24, 2.45) is 0 Å². The van der Waals surface area contributed by atoms with Crippen LogP contribution in [-0.4, -0.2) is 0 Å². The number of rotatable bonds is 3. The highest BCUT2D eigenvalue weighted by atomic mass is 16.5. The number of anilines is 1. The molecule has 17 heavy (non-hydrogen) atoms. The van der Waals surface area contributed by atoms with Crippen molar-refractivity contribution in [1.82, 2.24) is 0 Å². The molecule has 2 N–H and O–H groups in total. The van der Waals surface area contributed by atoms with E-state index >= 15 is 0 Å². The number of nitrogen functional groups attached to an aromatic ring is 1. The molecule has 0 fully saturated rings. The Morgan fingerprint density at radius 2 is 1.88 bits per heavy atom. The SMILES string of the molecule is Cc1cccc(COc2ccc(N)cc2C)c1. The Bertz CT molecular complexity index is 520.